The van der Waals surface area contributed by atoms with Crippen LogP contribution in [0.4, 0.5) is 11.9 Å². The third-order valence-corrected chi connectivity index (χ3v) is 5.63. The van der Waals surface area contributed by atoms with E-state index in [1.54, 1.807) is 0 Å². The SMILES string of the molecule is CCSC1CCCC1Nc1nc(Cl)nc(N2CCCC2)n1. The maximum Gasteiger partial charge on any atom is 0.231 e. The Morgan fingerprint density at radius 2 is 2.00 bits per heavy atom. The quantitative estimate of drug-likeness (QED) is 0.896. The van der Waals surface area contributed by atoms with Crippen molar-refractivity contribution >= 4 is 35.3 Å². The molecule has 7 heteroatoms. The number of thioether (sulfide) groups is 1. The monoisotopic (exact) mass is 327 g/mol. The van der Waals surface area contributed by atoms with Crippen LogP contribution in [0.25, 0.3) is 0 Å². The number of halogens is 1. The summed E-state index contributed by atoms with van der Waals surface area (Å²) in [6, 6.07) is 0.444. The molecule has 2 fully saturated rings. The van der Waals surface area contributed by atoms with Crippen LogP contribution in [0, 0.1) is 0 Å². The highest BCUT2D eigenvalue weighted by molar-refractivity contribution is 7.99. The Bertz CT molecular complexity index is 480. The second-order valence-corrected chi connectivity index (χ2v) is 7.45. The van der Waals surface area contributed by atoms with Gasteiger partial charge in [-0.05, 0) is 43.0 Å². The molecular formula is C14H22ClN5S. The van der Waals surface area contributed by atoms with Crippen LogP contribution in [0.3, 0.4) is 0 Å². The van der Waals surface area contributed by atoms with Crippen LogP contribution in [0.15, 0.2) is 0 Å². The lowest BCUT2D eigenvalue weighted by Crippen LogP contribution is -2.28. The topological polar surface area (TPSA) is 53.9 Å². The molecule has 3 rings (SSSR count). The molecule has 0 bridgehead atoms. The number of anilines is 2. The van der Waals surface area contributed by atoms with Crippen molar-refractivity contribution in [1.82, 2.24) is 15.0 Å². The summed E-state index contributed by atoms with van der Waals surface area (Å²) in [4.78, 5) is 15.3. The second kappa shape index (κ2) is 7.01. The van der Waals surface area contributed by atoms with Crippen molar-refractivity contribution in [3.05, 3.63) is 5.28 Å². The van der Waals surface area contributed by atoms with Gasteiger partial charge in [-0.1, -0.05) is 13.3 Å². The van der Waals surface area contributed by atoms with E-state index in [4.69, 9.17) is 11.6 Å². The molecule has 1 aromatic heterocycles. The summed E-state index contributed by atoms with van der Waals surface area (Å²) in [6.07, 6.45) is 6.12. The summed E-state index contributed by atoms with van der Waals surface area (Å²) in [5.41, 5.74) is 0. The number of aromatic nitrogens is 3. The molecule has 1 saturated heterocycles. The Morgan fingerprint density at radius 3 is 2.76 bits per heavy atom. The highest BCUT2D eigenvalue weighted by Gasteiger charge is 2.28. The van der Waals surface area contributed by atoms with E-state index in [-0.39, 0.29) is 5.28 Å². The van der Waals surface area contributed by atoms with Crippen molar-refractivity contribution in [2.45, 2.75) is 50.3 Å². The van der Waals surface area contributed by atoms with E-state index in [2.05, 4.69) is 32.1 Å². The van der Waals surface area contributed by atoms with Crippen molar-refractivity contribution in [3.8, 4) is 0 Å². The molecule has 2 aliphatic rings. The second-order valence-electron chi connectivity index (χ2n) is 5.60. The third-order valence-electron chi connectivity index (χ3n) is 4.13. The van der Waals surface area contributed by atoms with Gasteiger partial charge in [-0.2, -0.15) is 26.7 Å². The summed E-state index contributed by atoms with van der Waals surface area (Å²) in [6.45, 7) is 4.24. The standard InChI is InChI=1S/C14H22ClN5S/c1-2-21-11-7-5-6-10(11)16-13-17-12(15)18-14(19-13)20-8-3-4-9-20/h10-11H,2-9H2,1H3,(H,16,17,18,19). The molecule has 1 saturated carbocycles. The third kappa shape index (κ3) is 3.72. The lowest BCUT2D eigenvalue weighted by molar-refractivity contribution is 0.751. The highest BCUT2D eigenvalue weighted by Crippen LogP contribution is 2.32. The van der Waals surface area contributed by atoms with E-state index in [1.165, 1.54) is 32.1 Å². The fourth-order valence-corrected chi connectivity index (χ4v) is 4.49. The summed E-state index contributed by atoms with van der Waals surface area (Å²) < 4.78 is 0. The van der Waals surface area contributed by atoms with Crippen LogP contribution < -0.4 is 10.2 Å². The van der Waals surface area contributed by atoms with E-state index in [9.17, 15) is 0 Å². The predicted molar refractivity (Wildman–Crippen MR) is 89.5 cm³/mol. The minimum atomic E-state index is 0.284. The maximum atomic E-state index is 6.08. The predicted octanol–water partition coefficient (Wildman–Crippen LogP) is 3.21. The fraction of sp³-hybridized carbons (Fsp3) is 0.786. The van der Waals surface area contributed by atoms with Gasteiger partial charge in [0.25, 0.3) is 0 Å². The van der Waals surface area contributed by atoms with Gasteiger partial charge in [0.2, 0.25) is 17.2 Å². The molecule has 0 spiro atoms. The van der Waals surface area contributed by atoms with Gasteiger partial charge in [0.15, 0.2) is 0 Å². The van der Waals surface area contributed by atoms with Crippen LogP contribution in [0.1, 0.15) is 39.0 Å². The van der Waals surface area contributed by atoms with Crippen LogP contribution in [-0.4, -0.2) is 45.1 Å². The van der Waals surface area contributed by atoms with E-state index in [1.807, 2.05) is 11.8 Å². The van der Waals surface area contributed by atoms with Gasteiger partial charge in [-0.15, -0.1) is 0 Å². The van der Waals surface area contributed by atoms with Gasteiger partial charge in [0.05, 0.1) is 0 Å². The molecular weight excluding hydrogens is 306 g/mol. The van der Waals surface area contributed by atoms with Crippen molar-refractivity contribution in [1.29, 1.82) is 0 Å². The Balaban J connectivity index is 1.72. The van der Waals surface area contributed by atoms with E-state index in [0.717, 1.165) is 18.8 Å². The Morgan fingerprint density at radius 1 is 1.19 bits per heavy atom. The van der Waals surface area contributed by atoms with E-state index in [0.29, 0.717) is 23.2 Å². The van der Waals surface area contributed by atoms with Crippen LogP contribution >= 0.6 is 23.4 Å². The number of nitrogens with one attached hydrogen (secondary N) is 1. The zero-order valence-electron chi connectivity index (χ0n) is 12.4. The average molecular weight is 328 g/mol. The molecule has 0 aromatic carbocycles. The number of hydrogen-bond acceptors (Lipinski definition) is 6. The first-order valence-electron chi connectivity index (χ1n) is 7.81. The van der Waals surface area contributed by atoms with Crippen molar-refractivity contribution < 1.29 is 0 Å². The largest absolute Gasteiger partial charge is 0.350 e. The Labute approximate surface area is 135 Å². The van der Waals surface area contributed by atoms with Gasteiger partial charge >= 0.3 is 0 Å². The highest BCUT2D eigenvalue weighted by atomic mass is 35.5. The molecule has 5 nitrogen and oxygen atoms in total. The lowest BCUT2D eigenvalue weighted by atomic mass is 10.2. The molecule has 1 aliphatic heterocycles. The summed E-state index contributed by atoms with van der Waals surface area (Å²) in [5, 5.41) is 4.42. The van der Waals surface area contributed by atoms with Crippen molar-refractivity contribution in [2.75, 3.05) is 29.1 Å². The minimum Gasteiger partial charge on any atom is -0.350 e. The molecule has 1 N–H and O–H groups in total. The molecule has 2 heterocycles. The maximum absolute atomic E-state index is 6.08. The first-order chi connectivity index (χ1) is 10.3. The first-order valence-corrected chi connectivity index (χ1v) is 9.23. The summed E-state index contributed by atoms with van der Waals surface area (Å²) >= 11 is 8.10. The van der Waals surface area contributed by atoms with Gasteiger partial charge in [0, 0.05) is 24.4 Å². The average Bonchev–Trinajstić information content (AvgIpc) is 3.11. The van der Waals surface area contributed by atoms with Crippen molar-refractivity contribution in [3.63, 3.8) is 0 Å². The number of nitrogens with zero attached hydrogens (tertiary/aromatic N) is 4. The van der Waals surface area contributed by atoms with Gasteiger partial charge in [-0.3, -0.25) is 0 Å². The van der Waals surface area contributed by atoms with Gasteiger partial charge < -0.3 is 10.2 Å². The van der Waals surface area contributed by atoms with Crippen LogP contribution in [-0.2, 0) is 0 Å². The Hall–Kier alpha value is -0.750. The van der Waals surface area contributed by atoms with Gasteiger partial charge in [0.1, 0.15) is 0 Å². The lowest BCUT2D eigenvalue weighted by Gasteiger charge is -2.21. The van der Waals surface area contributed by atoms with Crippen LogP contribution in [0.5, 0.6) is 0 Å². The first kappa shape index (κ1) is 15.2. The van der Waals surface area contributed by atoms with Gasteiger partial charge in [-0.25, -0.2) is 0 Å². The molecule has 1 aliphatic carbocycles. The molecule has 0 radical (unpaired) electrons. The van der Waals surface area contributed by atoms with Crippen molar-refractivity contribution in [2.24, 2.45) is 0 Å². The normalized spacial score (nSPS) is 25.5. The zero-order chi connectivity index (χ0) is 14.7. The molecule has 2 atom stereocenters. The molecule has 21 heavy (non-hydrogen) atoms. The zero-order valence-corrected chi connectivity index (χ0v) is 14.0. The molecule has 116 valence electrons. The minimum absolute atomic E-state index is 0.284. The smallest absolute Gasteiger partial charge is 0.231 e. The van der Waals surface area contributed by atoms with Crippen LogP contribution in [0.2, 0.25) is 5.28 Å². The Kier molecular flexibility index (Phi) is 5.06. The number of rotatable bonds is 5. The van der Waals surface area contributed by atoms with E-state index >= 15 is 0 Å². The molecule has 0 amide bonds. The summed E-state index contributed by atoms with van der Waals surface area (Å²) in [7, 11) is 0. The fourth-order valence-electron chi connectivity index (χ4n) is 3.13. The molecule has 2 unspecified atom stereocenters. The molecule has 1 aromatic rings. The van der Waals surface area contributed by atoms with E-state index < -0.39 is 0 Å². The summed E-state index contributed by atoms with van der Waals surface area (Å²) in [5.74, 6) is 2.50. The number of hydrogen-bond donors (Lipinski definition) is 1.